The first kappa shape index (κ1) is 14.0. The van der Waals surface area contributed by atoms with Crippen molar-refractivity contribution in [3.63, 3.8) is 0 Å². The van der Waals surface area contributed by atoms with Crippen molar-refractivity contribution in [1.29, 1.82) is 0 Å². The van der Waals surface area contributed by atoms with Gasteiger partial charge in [-0.25, -0.2) is 4.39 Å². The SMILES string of the molecule is OCC1(CNC2CCc3c(F)cccc32)CCCCC1. The normalized spacial score (nSPS) is 24.6. The lowest BCUT2D eigenvalue weighted by molar-refractivity contribution is 0.0783. The first-order valence-electron chi connectivity index (χ1n) is 7.86. The molecule has 0 amide bonds. The molecule has 1 aromatic carbocycles. The maximum atomic E-state index is 13.7. The molecule has 0 heterocycles. The third-order valence-electron chi connectivity index (χ3n) is 5.19. The number of aliphatic hydroxyl groups excluding tert-OH is 1. The molecule has 0 aliphatic heterocycles. The van der Waals surface area contributed by atoms with Gasteiger partial charge >= 0.3 is 0 Å². The zero-order valence-electron chi connectivity index (χ0n) is 12.0. The quantitative estimate of drug-likeness (QED) is 0.884. The van der Waals surface area contributed by atoms with Crippen LogP contribution in [0.15, 0.2) is 18.2 Å². The zero-order chi connectivity index (χ0) is 14.0. The second-order valence-corrected chi connectivity index (χ2v) is 6.50. The van der Waals surface area contributed by atoms with Gasteiger partial charge < -0.3 is 10.4 Å². The molecule has 0 radical (unpaired) electrons. The number of hydrogen-bond acceptors (Lipinski definition) is 2. The van der Waals surface area contributed by atoms with Crippen molar-refractivity contribution in [2.24, 2.45) is 5.41 Å². The second kappa shape index (κ2) is 5.82. The van der Waals surface area contributed by atoms with Gasteiger partial charge in [0.2, 0.25) is 0 Å². The monoisotopic (exact) mass is 277 g/mol. The van der Waals surface area contributed by atoms with E-state index in [0.717, 1.165) is 43.4 Å². The molecule has 1 unspecified atom stereocenters. The topological polar surface area (TPSA) is 32.3 Å². The summed E-state index contributed by atoms with van der Waals surface area (Å²) in [6.07, 6.45) is 7.75. The van der Waals surface area contributed by atoms with Gasteiger partial charge in [0.15, 0.2) is 0 Å². The van der Waals surface area contributed by atoms with Crippen LogP contribution in [0.1, 0.15) is 55.7 Å². The highest BCUT2D eigenvalue weighted by atomic mass is 19.1. The molecule has 3 heteroatoms. The molecular weight excluding hydrogens is 253 g/mol. The Labute approximate surface area is 120 Å². The predicted molar refractivity (Wildman–Crippen MR) is 78.1 cm³/mol. The first-order valence-corrected chi connectivity index (χ1v) is 7.86. The molecule has 3 rings (SSSR count). The Morgan fingerprint density at radius 3 is 2.80 bits per heavy atom. The molecule has 2 aliphatic rings. The lowest BCUT2D eigenvalue weighted by Gasteiger charge is -2.36. The van der Waals surface area contributed by atoms with Crippen molar-refractivity contribution in [3.05, 3.63) is 35.1 Å². The summed E-state index contributed by atoms with van der Waals surface area (Å²) in [6, 6.07) is 5.65. The smallest absolute Gasteiger partial charge is 0.126 e. The Morgan fingerprint density at radius 2 is 2.05 bits per heavy atom. The lowest BCUT2D eigenvalue weighted by Crippen LogP contribution is -2.40. The minimum Gasteiger partial charge on any atom is -0.396 e. The molecular formula is C17H24FNO. The van der Waals surface area contributed by atoms with E-state index in [4.69, 9.17) is 0 Å². The Bertz CT molecular complexity index is 468. The molecule has 0 aromatic heterocycles. The largest absolute Gasteiger partial charge is 0.396 e. The van der Waals surface area contributed by atoms with Crippen molar-refractivity contribution in [1.82, 2.24) is 5.32 Å². The van der Waals surface area contributed by atoms with Crippen molar-refractivity contribution >= 4 is 0 Å². The fraction of sp³-hybridized carbons (Fsp3) is 0.647. The fourth-order valence-electron chi connectivity index (χ4n) is 3.85. The number of fused-ring (bicyclic) bond motifs is 1. The molecule has 0 spiro atoms. The average molecular weight is 277 g/mol. The summed E-state index contributed by atoms with van der Waals surface area (Å²) in [6.45, 7) is 1.12. The van der Waals surface area contributed by atoms with Gasteiger partial charge in [-0.2, -0.15) is 0 Å². The summed E-state index contributed by atoms with van der Waals surface area (Å²) in [4.78, 5) is 0. The number of nitrogens with one attached hydrogen (secondary N) is 1. The fourth-order valence-corrected chi connectivity index (χ4v) is 3.85. The van der Waals surface area contributed by atoms with Crippen LogP contribution in [0.25, 0.3) is 0 Å². The van der Waals surface area contributed by atoms with E-state index < -0.39 is 0 Å². The Kier molecular flexibility index (Phi) is 4.08. The van der Waals surface area contributed by atoms with Gasteiger partial charge in [0.25, 0.3) is 0 Å². The Hall–Kier alpha value is -0.930. The van der Waals surface area contributed by atoms with Gasteiger partial charge in [-0.05, 0) is 42.9 Å². The third kappa shape index (κ3) is 2.61. The number of aliphatic hydroxyl groups is 1. The number of halogens is 1. The minimum absolute atomic E-state index is 0.0499. The summed E-state index contributed by atoms with van der Waals surface area (Å²) < 4.78 is 13.7. The van der Waals surface area contributed by atoms with Crippen LogP contribution >= 0.6 is 0 Å². The number of hydrogen-bond donors (Lipinski definition) is 2. The predicted octanol–water partition coefficient (Wildman–Crippen LogP) is 3.35. The molecule has 0 saturated heterocycles. The van der Waals surface area contributed by atoms with Gasteiger partial charge in [-0.3, -0.25) is 0 Å². The van der Waals surface area contributed by atoms with Crippen LogP contribution in [0.4, 0.5) is 4.39 Å². The van der Waals surface area contributed by atoms with Crippen molar-refractivity contribution in [2.45, 2.75) is 51.0 Å². The molecule has 2 N–H and O–H groups in total. The van der Waals surface area contributed by atoms with E-state index in [9.17, 15) is 9.50 Å². The second-order valence-electron chi connectivity index (χ2n) is 6.50. The zero-order valence-corrected chi connectivity index (χ0v) is 12.0. The third-order valence-corrected chi connectivity index (χ3v) is 5.19. The van der Waals surface area contributed by atoms with Gasteiger partial charge in [0, 0.05) is 24.6 Å². The maximum absolute atomic E-state index is 13.7. The van der Waals surface area contributed by atoms with Crippen LogP contribution in [0.2, 0.25) is 0 Å². The molecule has 1 saturated carbocycles. The van der Waals surface area contributed by atoms with Crippen molar-refractivity contribution in [2.75, 3.05) is 13.2 Å². The van der Waals surface area contributed by atoms with Gasteiger partial charge in [-0.15, -0.1) is 0 Å². The molecule has 20 heavy (non-hydrogen) atoms. The van der Waals surface area contributed by atoms with Crippen LogP contribution in [-0.2, 0) is 6.42 Å². The van der Waals surface area contributed by atoms with E-state index in [2.05, 4.69) is 5.32 Å². The first-order chi connectivity index (χ1) is 9.74. The van der Waals surface area contributed by atoms with E-state index in [1.54, 1.807) is 12.1 Å². The standard InChI is InChI=1S/C17H24FNO/c18-15-6-4-5-14-13(15)7-8-16(14)19-11-17(12-20)9-2-1-3-10-17/h4-6,16,19-20H,1-3,7-12H2. The number of benzene rings is 1. The molecule has 110 valence electrons. The lowest BCUT2D eigenvalue weighted by atomic mass is 9.74. The van der Waals surface area contributed by atoms with Crippen LogP contribution in [0.5, 0.6) is 0 Å². The Morgan fingerprint density at radius 1 is 1.25 bits per heavy atom. The highest BCUT2D eigenvalue weighted by Crippen LogP contribution is 2.37. The van der Waals surface area contributed by atoms with Crippen LogP contribution in [0, 0.1) is 11.2 Å². The molecule has 1 aromatic rings. The number of rotatable bonds is 4. The van der Waals surface area contributed by atoms with Crippen molar-refractivity contribution < 1.29 is 9.50 Å². The van der Waals surface area contributed by atoms with Crippen LogP contribution < -0.4 is 5.32 Å². The van der Waals surface area contributed by atoms with Gasteiger partial charge in [0.1, 0.15) is 5.82 Å². The average Bonchev–Trinajstić information content (AvgIpc) is 2.91. The summed E-state index contributed by atoms with van der Waals surface area (Å²) >= 11 is 0. The highest BCUT2D eigenvalue weighted by molar-refractivity contribution is 5.35. The molecule has 0 bridgehead atoms. The van der Waals surface area contributed by atoms with Crippen LogP contribution in [-0.4, -0.2) is 18.3 Å². The Balaban J connectivity index is 1.67. The summed E-state index contributed by atoms with van der Waals surface area (Å²) in [5, 5.41) is 13.4. The summed E-state index contributed by atoms with van der Waals surface area (Å²) in [7, 11) is 0. The molecule has 2 aliphatic carbocycles. The van der Waals surface area contributed by atoms with Crippen LogP contribution in [0.3, 0.4) is 0 Å². The molecule has 2 nitrogen and oxygen atoms in total. The molecule has 1 fully saturated rings. The highest BCUT2D eigenvalue weighted by Gasteiger charge is 2.33. The van der Waals surface area contributed by atoms with E-state index in [-0.39, 0.29) is 23.9 Å². The van der Waals surface area contributed by atoms with E-state index in [0.29, 0.717) is 0 Å². The van der Waals surface area contributed by atoms with E-state index >= 15 is 0 Å². The summed E-state index contributed by atoms with van der Waals surface area (Å²) in [5.41, 5.74) is 2.05. The van der Waals surface area contributed by atoms with Crippen molar-refractivity contribution in [3.8, 4) is 0 Å². The van der Waals surface area contributed by atoms with Gasteiger partial charge in [-0.1, -0.05) is 31.4 Å². The minimum atomic E-state index is -0.0682. The van der Waals surface area contributed by atoms with E-state index in [1.165, 1.54) is 19.3 Å². The summed E-state index contributed by atoms with van der Waals surface area (Å²) in [5.74, 6) is -0.0682. The van der Waals surface area contributed by atoms with Gasteiger partial charge in [0.05, 0.1) is 0 Å². The molecule has 1 atom stereocenters. The van der Waals surface area contributed by atoms with E-state index in [1.807, 2.05) is 6.07 Å². The maximum Gasteiger partial charge on any atom is 0.126 e.